The lowest BCUT2D eigenvalue weighted by Gasteiger charge is -2.35. The topological polar surface area (TPSA) is 29.5 Å². The third-order valence-electron chi connectivity index (χ3n) is 2.79. The molecule has 1 aliphatic rings. The van der Waals surface area contributed by atoms with Gasteiger partial charge in [0.2, 0.25) is 0 Å². The van der Waals surface area contributed by atoms with E-state index in [1.54, 1.807) is 0 Å². The Balaban J connectivity index is 2.27. The summed E-state index contributed by atoms with van der Waals surface area (Å²) < 4.78 is 5.42. The fourth-order valence-electron chi connectivity index (χ4n) is 2.17. The van der Waals surface area contributed by atoms with Gasteiger partial charge >= 0.3 is 0 Å². The SMILES string of the molecule is CCCOCC1(O)CCCC(C)C1. The van der Waals surface area contributed by atoms with Crippen LogP contribution >= 0.6 is 0 Å². The maximum Gasteiger partial charge on any atom is 0.0882 e. The molecule has 1 aliphatic carbocycles. The molecule has 0 radical (unpaired) electrons. The summed E-state index contributed by atoms with van der Waals surface area (Å²) >= 11 is 0. The first-order chi connectivity index (χ1) is 6.16. The maximum absolute atomic E-state index is 10.1. The van der Waals surface area contributed by atoms with E-state index in [2.05, 4.69) is 13.8 Å². The number of hydrogen-bond acceptors (Lipinski definition) is 2. The fourth-order valence-corrected chi connectivity index (χ4v) is 2.17. The molecule has 13 heavy (non-hydrogen) atoms. The second-order valence-corrected chi connectivity index (χ2v) is 4.48. The van der Waals surface area contributed by atoms with Crippen LogP contribution in [0.1, 0.15) is 46.0 Å². The maximum atomic E-state index is 10.1. The largest absolute Gasteiger partial charge is 0.387 e. The zero-order chi connectivity index (χ0) is 9.73. The van der Waals surface area contributed by atoms with E-state index >= 15 is 0 Å². The van der Waals surface area contributed by atoms with E-state index < -0.39 is 5.60 Å². The van der Waals surface area contributed by atoms with Gasteiger partial charge in [0.1, 0.15) is 0 Å². The van der Waals surface area contributed by atoms with Crippen LogP contribution in [-0.4, -0.2) is 23.9 Å². The first-order valence-corrected chi connectivity index (χ1v) is 5.46. The fraction of sp³-hybridized carbons (Fsp3) is 1.00. The summed E-state index contributed by atoms with van der Waals surface area (Å²) in [5.41, 5.74) is -0.521. The van der Waals surface area contributed by atoms with Gasteiger partial charge in [-0.05, 0) is 25.2 Å². The molecule has 2 unspecified atom stereocenters. The zero-order valence-electron chi connectivity index (χ0n) is 8.88. The van der Waals surface area contributed by atoms with Gasteiger partial charge in [0.05, 0.1) is 12.2 Å². The van der Waals surface area contributed by atoms with Gasteiger partial charge in [-0.3, -0.25) is 0 Å². The Morgan fingerprint density at radius 3 is 2.92 bits per heavy atom. The molecule has 1 rings (SSSR count). The molecule has 0 amide bonds. The van der Waals surface area contributed by atoms with Crippen molar-refractivity contribution in [3.8, 4) is 0 Å². The van der Waals surface area contributed by atoms with Crippen LogP contribution in [0.3, 0.4) is 0 Å². The Bertz CT molecular complexity index is 147. The van der Waals surface area contributed by atoms with Gasteiger partial charge in [-0.25, -0.2) is 0 Å². The molecule has 0 aromatic heterocycles. The first-order valence-electron chi connectivity index (χ1n) is 5.46. The van der Waals surface area contributed by atoms with Crippen molar-refractivity contribution in [3.05, 3.63) is 0 Å². The van der Waals surface area contributed by atoms with Crippen molar-refractivity contribution in [2.24, 2.45) is 5.92 Å². The molecular formula is C11H22O2. The van der Waals surface area contributed by atoms with Gasteiger partial charge in [-0.15, -0.1) is 0 Å². The average molecular weight is 186 g/mol. The molecule has 2 atom stereocenters. The molecular weight excluding hydrogens is 164 g/mol. The summed E-state index contributed by atoms with van der Waals surface area (Å²) in [6, 6.07) is 0. The van der Waals surface area contributed by atoms with Gasteiger partial charge in [-0.2, -0.15) is 0 Å². The van der Waals surface area contributed by atoms with Crippen LogP contribution in [0.2, 0.25) is 0 Å². The van der Waals surface area contributed by atoms with Crippen LogP contribution in [-0.2, 0) is 4.74 Å². The molecule has 1 saturated carbocycles. The minimum Gasteiger partial charge on any atom is -0.387 e. The van der Waals surface area contributed by atoms with Crippen molar-refractivity contribution in [2.45, 2.75) is 51.6 Å². The predicted octanol–water partition coefficient (Wildman–Crippen LogP) is 2.35. The van der Waals surface area contributed by atoms with E-state index in [9.17, 15) is 5.11 Å². The van der Waals surface area contributed by atoms with Crippen LogP contribution in [0.5, 0.6) is 0 Å². The standard InChI is InChI=1S/C11H22O2/c1-3-7-13-9-11(12)6-4-5-10(2)8-11/h10,12H,3-9H2,1-2H3. The molecule has 0 heterocycles. The number of hydrogen-bond donors (Lipinski definition) is 1. The minimum atomic E-state index is -0.521. The lowest BCUT2D eigenvalue weighted by atomic mass is 9.79. The predicted molar refractivity (Wildman–Crippen MR) is 53.7 cm³/mol. The Hall–Kier alpha value is -0.0800. The Kier molecular flexibility index (Phi) is 4.20. The highest BCUT2D eigenvalue weighted by Gasteiger charge is 2.32. The van der Waals surface area contributed by atoms with Gasteiger partial charge in [-0.1, -0.05) is 26.7 Å². The van der Waals surface area contributed by atoms with Crippen LogP contribution in [0.15, 0.2) is 0 Å². The quantitative estimate of drug-likeness (QED) is 0.683. The van der Waals surface area contributed by atoms with Gasteiger partial charge < -0.3 is 9.84 Å². The summed E-state index contributed by atoms with van der Waals surface area (Å²) in [4.78, 5) is 0. The molecule has 0 aliphatic heterocycles. The molecule has 0 aromatic rings. The zero-order valence-corrected chi connectivity index (χ0v) is 8.88. The van der Waals surface area contributed by atoms with Crippen molar-refractivity contribution < 1.29 is 9.84 Å². The Morgan fingerprint density at radius 1 is 1.54 bits per heavy atom. The highest BCUT2D eigenvalue weighted by molar-refractivity contribution is 4.84. The van der Waals surface area contributed by atoms with Crippen molar-refractivity contribution in [2.75, 3.05) is 13.2 Å². The highest BCUT2D eigenvalue weighted by Crippen LogP contribution is 2.32. The number of ether oxygens (including phenoxy) is 1. The number of aliphatic hydroxyl groups is 1. The van der Waals surface area contributed by atoms with E-state index in [0.717, 1.165) is 32.3 Å². The van der Waals surface area contributed by atoms with Crippen LogP contribution in [0.25, 0.3) is 0 Å². The third kappa shape index (κ3) is 3.65. The summed E-state index contributed by atoms with van der Waals surface area (Å²) in [6.45, 7) is 5.61. The van der Waals surface area contributed by atoms with Crippen molar-refractivity contribution in [1.29, 1.82) is 0 Å². The third-order valence-corrected chi connectivity index (χ3v) is 2.79. The number of rotatable bonds is 4. The van der Waals surface area contributed by atoms with E-state index in [-0.39, 0.29) is 0 Å². The molecule has 0 spiro atoms. The van der Waals surface area contributed by atoms with Gasteiger partial charge in [0.25, 0.3) is 0 Å². The average Bonchev–Trinajstić information content (AvgIpc) is 2.04. The normalized spacial score (nSPS) is 34.8. The smallest absolute Gasteiger partial charge is 0.0882 e. The van der Waals surface area contributed by atoms with Crippen molar-refractivity contribution in [1.82, 2.24) is 0 Å². The van der Waals surface area contributed by atoms with Gasteiger partial charge in [0, 0.05) is 6.61 Å². The van der Waals surface area contributed by atoms with E-state index in [1.807, 2.05) is 0 Å². The highest BCUT2D eigenvalue weighted by atomic mass is 16.5. The Labute approximate surface area is 81.3 Å². The Morgan fingerprint density at radius 2 is 2.31 bits per heavy atom. The molecule has 1 N–H and O–H groups in total. The second kappa shape index (κ2) is 4.97. The lowest BCUT2D eigenvalue weighted by Crippen LogP contribution is -2.39. The molecule has 78 valence electrons. The molecule has 2 heteroatoms. The summed E-state index contributed by atoms with van der Waals surface area (Å²) in [5, 5.41) is 10.1. The molecule has 0 bridgehead atoms. The van der Waals surface area contributed by atoms with Crippen molar-refractivity contribution in [3.63, 3.8) is 0 Å². The van der Waals surface area contributed by atoms with Crippen molar-refractivity contribution >= 4 is 0 Å². The lowest BCUT2D eigenvalue weighted by molar-refractivity contribution is -0.0784. The molecule has 1 fully saturated rings. The van der Waals surface area contributed by atoms with E-state index in [4.69, 9.17) is 4.74 Å². The summed E-state index contributed by atoms with van der Waals surface area (Å²) in [5.74, 6) is 0.656. The van der Waals surface area contributed by atoms with Crippen LogP contribution in [0, 0.1) is 5.92 Å². The van der Waals surface area contributed by atoms with Crippen LogP contribution < -0.4 is 0 Å². The monoisotopic (exact) mass is 186 g/mol. The molecule has 2 nitrogen and oxygen atoms in total. The van der Waals surface area contributed by atoms with Crippen LogP contribution in [0.4, 0.5) is 0 Å². The minimum absolute atomic E-state index is 0.521. The summed E-state index contributed by atoms with van der Waals surface area (Å²) in [7, 11) is 0. The van der Waals surface area contributed by atoms with E-state index in [1.165, 1.54) is 6.42 Å². The van der Waals surface area contributed by atoms with E-state index in [0.29, 0.717) is 12.5 Å². The molecule has 0 aromatic carbocycles. The second-order valence-electron chi connectivity index (χ2n) is 4.48. The van der Waals surface area contributed by atoms with Gasteiger partial charge in [0.15, 0.2) is 0 Å². The first kappa shape index (κ1) is 11.0. The summed E-state index contributed by atoms with van der Waals surface area (Å²) in [6.07, 6.45) is 5.27. The molecule has 0 saturated heterocycles.